The van der Waals surface area contributed by atoms with E-state index in [1.165, 1.54) is 5.56 Å². The fourth-order valence-corrected chi connectivity index (χ4v) is 1.97. The normalized spacial score (nSPS) is 12.1. The number of esters is 1. The van der Waals surface area contributed by atoms with Crippen LogP contribution in [-0.4, -0.2) is 22.4 Å². The van der Waals surface area contributed by atoms with Crippen LogP contribution in [0.4, 0.5) is 5.82 Å². The lowest BCUT2D eigenvalue weighted by atomic mass is 10.1. The molecule has 0 spiro atoms. The van der Waals surface area contributed by atoms with Crippen molar-refractivity contribution in [2.24, 2.45) is 0 Å². The SMILES string of the molecule is CCCOC(=O)C(C)c1cc(N)n(-c2ccc(C)cc2)n1. The summed E-state index contributed by atoms with van der Waals surface area (Å²) in [6.45, 7) is 6.19. The van der Waals surface area contributed by atoms with E-state index in [2.05, 4.69) is 5.10 Å². The van der Waals surface area contributed by atoms with Crippen molar-refractivity contribution < 1.29 is 9.53 Å². The first-order chi connectivity index (χ1) is 10.0. The fraction of sp³-hybridized carbons (Fsp3) is 0.375. The lowest BCUT2D eigenvalue weighted by molar-refractivity contribution is -0.145. The van der Waals surface area contributed by atoms with Crippen molar-refractivity contribution in [3.63, 3.8) is 0 Å². The van der Waals surface area contributed by atoms with Crippen molar-refractivity contribution in [2.75, 3.05) is 12.3 Å². The number of aryl methyl sites for hydroxylation is 1. The summed E-state index contributed by atoms with van der Waals surface area (Å²) < 4.78 is 6.79. The van der Waals surface area contributed by atoms with Gasteiger partial charge in [0.05, 0.1) is 23.9 Å². The molecule has 1 aromatic heterocycles. The van der Waals surface area contributed by atoms with Crippen LogP contribution in [0.5, 0.6) is 0 Å². The Bertz CT molecular complexity index is 617. The average Bonchev–Trinajstić information content (AvgIpc) is 2.86. The summed E-state index contributed by atoms with van der Waals surface area (Å²) >= 11 is 0. The number of anilines is 1. The highest BCUT2D eigenvalue weighted by Crippen LogP contribution is 2.21. The molecule has 2 aromatic rings. The third kappa shape index (κ3) is 3.42. The zero-order valence-electron chi connectivity index (χ0n) is 12.7. The molecule has 1 heterocycles. The van der Waals surface area contributed by atoms with Crippen LogP contribution in [0.25, 0.3) is 5.69 Å². The summed E-state index contributed by atoms with van der Waals surface area (Å²) in [7, 11) is 0. The molecule has 1 aromatic carbocycles. The summed E-state index contributed by atoms with van der Waals surface area (Å²) in [6, 6.07) is 9.60. The van der Waals surface area contributed by atoms with Crippen LogP contribution in [0, 0.1) is 6.92 Å². The molecule has 0 radical (unpaired) electrons. The van der Waals surface area contributed by atoms with Crippen LogP contribution in [0.2, 0.25) is 0 Å². The Kier molecular flexibility index (Phi) is 4.62. The molecule has 2 N–H and O–H groups in total. The summed E-state index contributed by atoms with van der Waals surface area (Å²) in [5.74, 6) is -0.194. The maximum Gasteiger partial charge on any atom is 0.314 e. The summed E-state index contributed by atoms with van der Waals surface area (Å²) in [4.78, 5) is 11.9. The van der Waals surface area contributed by atoms with Gasteiger partial charge in [0, 0.05) is 6.07 Å². The van der Waals surface area contributed by atoms with E-state index in [1.807, 2.05) is 38.1 Å². The van der Waals surface area contributed by atoms with E-state index in [9.17, 15) is 4.79 Å². The second kappa shape index (κ2) is 6.43. The molecule has 0 saturated carbocycles. The van der Waals surface area contributed by atoms with Crippen LogP contribution in [0.15, 0.2) is 30.3 Å². The van der Waals surface area contributed by atoms with Crippen molar-refractivity contribution in [2.45, 2.75) is 33.1 Å². The zero-order chi connectivity index (χ0) is 15.4. The van der Waals surface area contributed by atoms with E-state index in [1.54, 1.807) is 17.7 Å². The molecule has 0 aliphatic heterocycles. The molecule has 5 heteroatoms. The van der Waals surface area contributed by atoms with Gasteiger partial charge in [0.15, 0.2) is 0 Å². The van der Waals surface area contributed by atoms with Crippen molar-refractivity contribution in [1.29, 1.82) is 0 Å². The maximum absolute atomic E-state index is 11.9. The molecule has 0 aliphatic carbocycles. The van der Waals surface area contributed by atoms with Crippen LogP contribution in [-0.2, 0) is 9.53 Å². The van der Waals surface area contributed by atoms with Crippen LogP contribution in [0.3, 0.4) is 0 Å². The molecule has 1 unspecified atom stereocenters. The molecule has 2 rings (SSSR count). The van der Waals surface area contributed by atoms with Crippen molar-refractivity contribution in [1.82, 2.24) is 9.78 Å². The summed E-state index contributed by atoms with van der Waals surface area (Å²) in [6.07, 6.45) is 0.804. The van der Waals surface area contributed by atoms with Crippen molar-refractivity contribution in [3.05, 3.63) is 41.6 Å². The third-order valence-corrected chi connectivity index (χ3v) is 3.28. The number of hydrogen-bond acceptors (Lipinski definition) is 4. The Morgan fingerprint density at radius 3 is 2.67 bits per heavy atom. The van der Waals surface area contributed by atoms with E-state index < -0.39 is 5.92 Å². The zero-order valence-corrected chi connectivity index (χ0v) is 12.7. The number of aromatic nitrogens is 2. The summed E-state index contributed by atoms with van der Waals surface area (Å²) in [5.41, 5.74) is 8.66. The van der Waals surface area contributed by atoms with Gasteiger partial charge in [-0.05, 0) is 32.4 Å². The Labute approximate surface area is 124 Å². The lowest BCUT2D eigenvalue weighted by Gasteiger charge is -2.08. The van der Waals surface area contributed by atoms with E-state index >= 15 is 0 Å². The molecular weight excluding hydrogens is 266 g/mol. The Hall–Kier alpha value is -2.30. The molecule has 0 saturated heterocycles. The predicted octanol–water partition coefficient (Wildman–Crippen LogP) is 2.82. The van der Waals surface area contributed by atoms with E-state index in [-0.39, 0.29) is 5.97 Å². The standard InChI is InChI=1S/C16H21N3O2/c1-4-9-21-16(20)12(3)14-10-15(17)19(18-14)13-7-5-11(2)6-8-13/h5-8,10,12H,4,9,17H2,1-3H3. The van der Waals surface area contributed by atoms with E-state index in [0.717, 1.165) is 12.1 Å². The predicted molar refractivity (Wildman–Crippen MR) is 82.4 cm³/mol. The van der Waals surface area contributed by atoms with Crippen LogP contribution < -0.4 is 5.73 Å². The third-order valence-electron chi connectivity index (χ3n) is 3.28. The minimum Gasteiger partial charge on any atom is -0.465 e. The number of rotatable bonds is 5. The monoisotopic (exact) mass is 287 g/mol. The van der Waals surface area contributed by atoms with Gasteiger partial charge in [-0.2, -0.15) is 5.10 Å². The average molecular weight is 287 g/mol. The van der Waals surface area contributed by atoms with Gasteiger partial charge in [0.2, 0.25) is 0 Å². The van der Waals surface area contributed by atoms with Gasteiger partial charge in [-0.15, -0.1) is 0 Å². The molecular formula is C16H21N3O2. The number of nitrogens with two attached hydrogens (primary N) is 1. The Morgan fingerprint density at radius 1 is 1.38 bits per heavy atom. The molecule has 0 bridgehead atoms. The first-order valence-electron chi connectivity index (χ1n) is 7.12. The van der Waals surface area contributed by atoms with Gasteiger partial charge in [0.25, 0.3) is 0 Å². The number of ether oxygens (including phenoxy) is 1. The number of carbonyl (C=O) groups is 1. The quantitative estimate of drug-likeness (QED) is 0.858. The second-order valence-corrected chi connectivity index (χ2v) is 5.13. The Morgan fingerprint density at radius 2 is 2.05 bits per heavy atom. The van der Waals surface area contributed by atoms with Gasteiger partial charge >= 0.3 is 5.97 Å². The number of hydrogen-bond donors (Lipinski definition) is 1. The van der Waals surface area contributed by atoms with E-state index in [0.29, 0.717) is 18.1 Å². The first-order valence-corrected chi connectivity index (χ1v) is 7.12. The van der Waals surface area contributed by atoms with Crippen molar-refractivity contribution in [3.8, 4) is 5.69 Å². The van der Waals surface area contributed by atoms with Crippen LogP contribution in [0.1, 0.15) is 37.4 Å². The Balaban J connectivity index is 2.22. The van der Waals surface area contributed by atoms with Gasteiger partial charge < -0.3 is 10.5 Å². The van der Waals surface area contributed by atoms with Gasteiger partial charge in [-0.3, -0.25) is 4.79 Å². The largest absolute Gasteiger partial charge is 0.465 e. The minimum atomic E-state index is -0.425. The molecule has 0 fully saturated rings. The lowest BCUT2D eigenvalue weighted by Crippen LogP contribution is -2.14. The number of benzene rings is 1. The number of nitrogen functional groups attached to an aromatic ring is 1. The highest BCUT2D eigenvalue weighted by atomic mass is 16.5. The molecule has 0 amide bonds. The summed E-state index contributed by atoms with van der Waals surface area (Å²) in [5, 5.41) is 4.43. The topological polar surface area (TPSA) is 70.1 Å². The number of carbonyl (C=O) groups excluding carboxylic acids is 1. The second-order valence-electron chi connectivity index (χ2n) is 5.13. The first kappa shape index (κ1) is 15.1. The maximum atomic E-state index is 11.9. The number of nitrogens with zero attached hydrogens (tertiary/aromatic N) is 2. The van der Waals surface area contributed by atoms with Gasteiger partial charge in [-0.25, -0.2) is 4.68 Å². The molecule has 0 aliphatic rings. The molecule has 5 nitrogen and oxygen atoms in total. The highest BCUT2D eigenvalue weighted by Gasteiger charge is 2.21. The fourth-order valence-electron chi connectivity index (χ4n) is 1.97. The minimum absolute atomic E-state index is 0.273. The van der Waals surface area contributed by atoms with Gasteiger partial charge in [0.1, 0.15) is 5.82 Å². The molecule has 21 heavy (non-hydrogen) atoms. The molecule has 112 valence electrons. The van der Waals surface area contributed by atoms with Gasteiger partial charge in [-0.1, -0.05) is 24.6 Å². The highest BCUT2D eigenvalue weighted by molar-refractivity contribution is 5.77. The molecule has 1 atom stereocenters. The smallest absolute Gasteiger partial charge is 0.314 e. The van der Waals surface area contributed by atoms with Crippen molar-refractivity contribution >= 4 is 11.8 Å². The van der Waals surface area contributed by atoms with E-state index in [4.69, 9.17) is 10.5 Å². The van der Waals surface area contributed by atoms with Crippen LogP contribution >= 0.6 is 0 Å².